The van der Waals surface area contributed by atoms with E-state index in [0.717, 1.165) is 24.0 Å². The fourth-order valence-corrected chi connectivity index (χ4v) is 4.13. The summed E-state index contributed by atoms with van der Waals surface area (Å²) in [7, 11) is 0. The molecule has 3 aromatic carbocycles. The average Bonchev–Trinajstić information content (AvgIpc) is 2.89. The Morgan fingerprint density at radius 3 is 2.17 bits per heavy atom. The number of ether oxygens (including phenoxy) is 3. The Bertz CT molecular complexity index is 1200. The van der Waals surface area contributed by atoms with E-state index in [1.807, 2.05) is 73.7 Å². The molecule has 0 bridgehead atoms. The molecule has 0 saturated carbocycles. The Morgan fingerprint density at radius 2 is 1.50 bits per heavy atom. The fourth-order valence-electron chi connectivity index (χ4n) is 4.13. The molecule has 5 heteroatoms. The lowest BCUT2D eigenvalue weighted by Gasteiger charge is -2.22. The minimum atomic E-state index is -0.373. The largest absolute Gasteiger partial charge is 0.489 e. The van der Waals surface area contributed by atoms with Gasteiger partial charge in [0, 0.05) is 6.07 Å². The maximum absolute atomic E-state index is 13.3. The third-order valence-corrected chi connectivity index (χ3v) is 6.40. The highest BCUT2D eigenvalue weighted by atomic mass is 16.5. The zero-order valence-corrected chi connectivity index (χ0v) is 20.8. The number of ketones is 1. The van der Waals surface area contributed by atoms with Crippen LogP contribution >= 0.6 is 0 Å². The second-order valence-electron chi connectivity index (χ2n) is 9.20. The monoisotopic (exact) mass is 484 g/mol. The molecule has 0 spiro atoms. The molecule has 0 amide bonds. The van der Waals surface area contributed by atoms with Crippen molar-refractivity contribution in [1.29, 1.82) is 0 Å². The maximum atomic E-state index is 13.3. The van der Waals surface area contributed by atoms with Gasteiger partial charge in [0.05, 0.1) is 12.0 Å². The van der Waals surface area contributed by atoms with Gasteiger partial charge >= 0.3 is 5.97 Å². The third-order valence-electron chi connectivity index (χ3n) is 6.40. The van der Waals surface area contributed by atoms with Crippen LogP contribution in [0.25, 0.3) is 0 Å². The van der Waals surface area contributed by atoms with Gasteiger partial charge in [0.1, 0.15) is 30.8 Å². The van der Waals surface area contributed by atoms with Crippen molar-refractivity contribution in [3.63, 3.8) is 0 Å². The molecule has 1 aliphatic rings. The molecule has 0 fully saturated rings. The van der Waals surface area contributed by atoms with Crippen molar-refractivity contribution in [3.05, 3.63) is 107 Å². The highest BCUT2D eigenvalue weighted by Crippen LogP contribution is 2.32. The second-order valence-corrected chi connectivity index (χ2v) is 9.20. The molecule has 2 atom stereocenters. The molecule has 0 aromatic heterocycles. The number of esters is 1. The van der Waals surface area contributed by atoms with Crippen LogP contribution in [0.2, 0.25) is 0 Å². The summed E-state index contributed by atoms with van der Waals surface area (Å²) < 4.78 is 17.9. The Morgan fingerprint density at radius 1 is 0.861 bits per heavy atom. The van der Waals surface area contributed by atoms with Crippen LogP contribution in [0.3, 0.4) is 0 Å². The van der Waals surface area contributed by atoms with Crippen LogP contribution in [0.4, 0.5) is 0 Å². The summed E-state index contributed by atoms with van der Waals surface area (Å²) in [5.41, 5.74) is 2.88. The Kier molecular flexibility index (Phi) is 8.56. The molecule has 186 valence electrons. The van der Waals surface area contributed by atoms with E-state index in [1.165, 1.54) is 0 Å². The summed E-state index contributed by atoms with van der Waals surface area (Å²) in [6, 6.07) is 23.0. The van der Waals surface area contributed by atoms with E-state index in [0.29, 0.717) is 29.2 Å². The fraction of sp³-hybridized carbons (Fsp3) is 0.290. The molecule has 3 aromatic rings. The van der Waals surface area contributed by atoms with E-state index in [1.54, 1.807) is 18.2 Å². The molecular weight excluding hydrogens is 452 g/mol. The first-order chi connectivity index (χ1) is 17.5. The topological polar surface area (TPSA) is 61.8 Å². The van der Waals surface area contributed by atoms with Gasteiger partial charge in [-0.2, -0.15) is 0 Å². The van der Waals surface area contributed by atoms with Crippen LogP contribution in [0.15, 0.2) is 84.9 Å². The number of cyclic esters (lactones) is 1. The van der Waals surface area contributed by atoms with Gasteiger partial charge in [-0.15, -0.1) is 0 Å². The Balaban J connectivity index is 1.70. The number of fused-ring (bicyclic) bond motifs is 1. The molecular formula is C31H32O5. The van der Waals surface area contributed by atoms with E-state index < -0.39 is 0 Å². The number of hydrogen-bond donors (Lipinski definition) is 0. The van der Waals surface area contributed by atoms with Crippen molar-refractivity contribution in [1.82, 2.24) is 0 Å². The Hall–Kier alpha value is -3.86. The zero-order chi connectivity index (χ0) is 25.3. The normalized spacial score (nSPS) is 19.3. The molecule has 4 rings (SSSR count). The highest BCUT2D eigenvalue weighted by molar-refractivity contribution is 6.08. The molecule has 1 aliphatic heterocycles. The van der Waals surface area contributed by atoms with Crippen LogP contribution in [0.1, 0.15) is 53.7 Å². The van der Waals surface area contributed by atoms with Crippen LogP contribution in [-0.4, -0.2) is 17.9 Å². The number of rotatable bonds is 6. The van der Waals surface area contributed by atoms with Gasteiger partial charge in [-0.1, -0.05) is 73.7 Å². The van der Waals surface area contributed by atoms with Crippen molar-refractivity contribution in [2.75, 3.05) is 0 Å². The number of hydrogen-bond acceptors (Lipinski definition) is 5. The Labute approximate surface area is 212 Å². The van der Waals surface area contributed by atoms with Crippen molar-refractivity contribution in [2.45, 2.75) is 52.4 Å². The summed E-state index contributed by atoms with van der Waals surface area (Å²) in [6.45, 7) is 4.60. The first kappa shape index (κ1) is 25.2. The van der Waals surface area contributed by atoms with E-state index in [9.17, 15) is 9.59 Å². The summed E-state index contributed by atoms with van der Waals surface area (Å²) >= 11 is 0. The van der Waals surface area contributed by atoms with Gasteiger partial charge in [0.25, 0.3) is 0 Å². The number of allylic oxidation sites excluding steroid dienone is 2. The van der Waals surface area contributed by atoms with E-state index >= 15 is 0 Å². The summed E-state index contributed by atoms with van der Waals surface area (Å²) in [5, 5.41) is 0. The van der Waals surface area contributed by atoms with Crippen molar-refractivity contribution < 1.29 is 23.8 Å². The standard InChI is InChI=1S/C31H32O5/c1-22-11-9-10-16-28(32)31-26(18-30(33)36-23(22)2)17-27(34-20-24-12-5-3-6-13-24)19-29(31)35-21-25-14-7-4-8-15-25/h3-8,10,12-17,19,22-23H,9,11,18,20-21H2,1-2H3/b16-10+/t22?,23-/m0/s1. The first-order valence-corrected chi connectivity index (χ1v) is 12.4. The van der Waals surface area contributed by atoms with Crippen molar-refractivity contribution in [3.8, 4) is 11.5 Å². The van der Waals surface area contributed by atoms with Crippen LogP contribution in [-0.2, 0) is 29.2 Å². The molecule has 5 nitrogen and oxygen atoms in total. The van der Waals surface area contributed by atoms with Crippen LogP contribution < -0.4 is 9.47 Å². The molecule has 1 unspecified atom stereocenters. The predicted molar refractivity (Wildman–Crippen MR) is 139 cm³/mol. The minimum absolute atomic E-state index is 0.0454. The number of benzene rings is 3. The van der Waals surface area contributed by atoms with E-state index in [-0.39, 0.29) is 36.8 Å². The summed E-state index contributed by atoms with van der Waals surface area (Å²) in [5.74, 6) is 0.538. The van der Waals surface area contributed by atoms with E-state index in [2.05, 4.69) is 6.92 Å². The quantitative estimate of drug-likeness (QED) is 0.374. The summed E-state index contributed by atoms with van der Waals surface area (Å²) in [6.07, 6.45) is 4.77. The maximum Gasteiger partial charge on any atom is 0.310 e. The van der Waals surface area contributed by atoms with Gasteiger partial charge in [0.2, 0.25) is 0 Å². The second kappa shape index (κ2) is 12.2. The van der Waals surface area contributed by atoms with Crippen molar-refractivity contribution in [2.24, 2.45) is 5.92 Å². The lowest BCUT2D eigenvalue weighted by molar-refractivity contribution is -0.149. The first-order valence-electron chi connectivity index (χ1n) is 12.4. The molecule has 0 radical (unpaired) electrons. The van der Waals surface area contributed by atoms with Crippen LogP contribution in [0.5, 0.6) is 11.5 Å². The lowest BCUT2D eigenvalue weighted by atomic mass is 9.96. The number of carbonyl (C=O) groups is 2. The SMILES string of the molecule is CC1CC/C=C/C(=O)c2c(cc(OCc3ccccc3)cc2OCc2ccccc2)CC(=O)O[C@H]1C. The van der Waals surface area contributed by atoms with Crippen LogP contribution in [0, 0.1) is 5.92 Å². The third kappa shape index (κ3) is 6.85. The van der Waals surface area contributed by atoms with Gasteiger partial charge in [-0.05, 0) is 54.5 Å². The molecule has 0 N–H and O–H groups in total. The van der Waals surface area contributed by atoms with Gasteiger partial charge in [-0.3, -0.25) is 9.59 Å². The average molecular weight is 485 g/mol. The van der Waals surface area contributed by atoms with Gasteiger partial charge in [-0.25, -0.2) is 0 Å². The molecule has 0 saturated heterocycles. The minimum Gasteiger partial charge on any atom is -0.489 e. The highest BCUT2D eigenvalue weighted by Gasteiger charge is 2.24. The van der Waals surface area contributed by atoms with Gasteiger partial charge in [0.15, 0.2) is 5.78 Å². The van der Waals surface area contributed by atoms with Gasteiger partial charge < -0.3 is 14.2 Å². The smallest absolute Gasteiger partial charge is 0.310 e. The molecule has 0 aliphatic carbocycles. The zero-order valence-electron chi connectivity index (χ0n) is 20.8. The molecule has 36 heavy (non-hydrogen) atoms. The van der Waals surface area contributed by atoms with Crippen molar-refractivity contribution >= 4 is 11.8 Å². The number of carbonyl (C=O) groups excluding carboxylic acids is 2. The summed E-state index contributed by atoms with van der Waals surface area (Å²) in [4.78, 5) is 26.2. The van der Waals surface area contributed by atoms with E-state index in [4.69, 9.17) is 14.2 Å². The lowest BCUT2D eigenvalue weighted by Crippen LogP contribution is -2.24. The molecule has 1 heterocycles. The predicted octanol–water partition coefficient (Wildman–Crippen LogP) is 6.49.